The fourth-order valence-electron chi connectivity index (χ4n) is 2.77. The van der Waals surface area contributed by atoms with Gasteiger partial charge in [0.1, 0.15) is 17.9 Å². The predicted octanol–water partition coefficient (Wildman–Crippen LogP) is 6.19. The number of rotatable bonds is 6. The zero-order valence-corrected chi connectivity index (χ0v) is 18.0. The van der Waals surface area contributed by atoms with Crippen LogP contribution >= 0.6 is 27.5 Å². The molecule has 150 valence electrons. The molecule has 4 aromatic rings. The van der Waals surface area contributed by atoms with Gasteiger partial charge in [-0.05, 0) is 69.5 Å². The number of halogens is 2. The van der Waals surface area contributed by atoms with Crippen LogP contribution in [0.2, 0.25) is 5.02 Å². The Morgan fingerprint density at radius 1 is 1.10 bits per heavy atom. The highest BCUT2D eigenvalue weighted by atomic mass is 79.9. The van der Waals surface area contributed by atoms with Crippen molar-refractivity contribution in [1.29, 1.82) is 0 Å². The minimum Gasteiger partial charge on any atom is -0.488 e. The van der Waals surface area contributed by atoms with E-state index < -0.39 is 5.91 Å². The Morgan fingerprint density at radius 3 is 2.67 bits per heavy atom. The molecule has 5 nitrogen and oxygen atoms in total. The van der Waals surface area contributed by atoms with E-state index in [1.54, 1.807) is 12.3 Å². The summed E-state index contributed by atoms with van der Waals surface area (Å²) in [6, 6.07) is 22.1. The van der Waals surface area contributed by atoms with Crippen LogP contribution in [0.15, 0.2) is 86.8 Å². The van der Waals surface area contributed by atoms with Crippen molar-refractivity contribution >= 4 is 50.6 Å². The third-order valence-electron chi connectivity index (χ3n) is 4.29. The summed E-state index contributed by atoms with van der Waals surface area (Å²) in [4.78, 5) is 12.2. The standard InChI is InChI=1S/C23H16BrClN2O3/c24-19-11-16(7-10-21(19)29-14-15-5-8-18(25)9-6-15)13-26-27-23(28)22-12-17-3-1-2-4-20(17)30-22/h1-13H,14H2,(H,27,28)/b26-13+. The number of ether oxygens (including phenoxy) is 1. The normalized spacial score (nSPS) is 11.1. The van der Waals surface area contributed by atoms with E-state index in [1.165, 1.54) is 0 Å². The van der Waals surface area contributed by atoms with E-state index in [-0.39, 0.29) is 5.76 Å². The summed E-state index contributed by atoms with van der Waals surface area (Å²) in [5.74, 6) is 0.498. The topological polar surface area (TPSA) is 63.8 Å². The first kappa shape index (κ1) is 20.2. The number of hydrogen-bond donors (Lipinski definition) is 1. The van der Waals surface area contributed by atoms with Crippen LogP contribution in [-0.4, -0.2) is 12.1 Å². The fraction of sp³-hybridized carbons (Fsp3) is 0.0435. The molecule has 0 radical (unpaired) electrons. The lowest BCUT2D eigenvalue weighted by Gasteiger charge is -2.09. The fourth-order valence-corrected chi connectivity index (χ4v) is 3.41. The second kappa shape index (κ2) is 9.15. The highest BCUT2D eigenvalue weighted by Crippen LogP contribution is 2.26. The van der Waals surface area contributed by atoms with Gasteiger partial charge in [0.25, 0.3) is 0 Å². The maximum absolute atomic E-state index is 12.2. The second-order valence-corrected chi connectivity index (χ2v) is 7.74. The molecule has 1 heterocycles. The molecule has 1 aromatic heterocycles. The van der Waals surface area contributed by atoms with Crippen LogP contribution in [0, 0.1) is 0 Å². The number of fused-ring (bicyclic) bond motifs is 1. The highest BCUT2D eigenvalue weighted by Gasteiger charge is 2.11. The lowest BCUT2D eigenvalue weighted by molar-refractivity contribution is 0.0929. The Hall–Kier alpha value is -3.09. The predicted molar refractivity (Wildman–Crippen MR) is 121 cm³/mol. The molecule has 0 aliphatic carbocycles. The van der Waals surface area contributed by atoms with Gasteiger partial charge in [0.2, 0.25) is 0 Å². The summed E-state index contributed by atoms with van der Waals surface area (Å²) >= 11 is 9.39. The summed E-state index contributed by atoms with van der Waals surface area (Å²) in [6.45, 7) is 0.427. The van der Waals surface area contributed by atoms with Crippen LogP contribution in [-0.2, 0) is 6.61 Å². The molecule has 7 heteroatoms. The van der Waals surface area contributed by atoms with Crippen molar-refractivity contribution in [1.82, 2.24) is 5.43 Å². The van der Waals surface area contributed by atoms with Crippen molar-refractivity contribution < 1.29 is 13.9 Å². The van der Waals surface area contributed by atoms with E-state index in [2.05, 4.69) is 26.5 Å². The monoisotopic (exact) mass is 482 g/mol. The third-order valence-corrected chi connectivity index (χ3v) is 5.16. The summed E-state index contributed by atoms with van der Waals surface area (Å²) in [6.07, 6.45) is 1.55. The van der Waals surface area contributed by atoms with Crippen LogP contribution < -0.4 is 10.2 Å². The number of nitrogens with zero attached hydrogens (tertiary/aromatic N) is 1. The molecule has 0 saturated carbocycles. The van der Waals surface area contributed by atoms with Crippen molar-refractivity contribution in [3.8, 4) is 5.75 Å². The van der Waals surface area contributed by atoms with Gasteiger partial charge < -0.3 is 9.15 Å². The average Bonchev–Trinajstić information content (AvgIpc) is 3.19. The van der Waals surface area contributed by atoms with Gasteiger partial charge in [-0.3, -0.25) is 4.79 Å². The van der Waals surface area contributed by atoms with Crippen LogP contribution in [0.4, 0.5) is 0 Å². The van der Waals surface area contributed by atoms with Gasteiger partial charge in [0, 0.05) is 10.4 Å². The van der Waals surface area contributed by atoms with E-state index >= 15 is 0 Å². The lowest BCUT2D eigenvalue weighted by atomic mass is 10.2. The Labute approximate surface area is 186 Å². The zero-order valence-electron chi connectivity index (χ0n) is 15.6. The minimum absolute atomic E-state index is 0.209. The van der Waals surface area contributed by atoms with E-state index in [9.17, 15) is 4.79 Å². The van der Waals surface area contributed by atoms with Gasteiger partial charge in [-0.1, -0.05) is 41.9 Å². The van der Waals surface area contributed by atoms with Gasteiger partial charge >= 0.3 is 5.91 Å². The number of benzene rings is 3. The number of furan rings is 1. The molecule has 1 N–H and O–H groups in total. The largest absolute Gasteiger partial charge is 0.488 e. The minimum atomic E-state index is -0.413. The molecule has 30 heavy (non-hydrogen) atoms. The molecule has 0 aliphatic rings. The number of hydrogen-bond acceptors (Lipinski definition) is 4. The van der Waals surface area contributed by atoms with Crippen molar-refractivity contribution in [2.75, 3.05) is 0 Å². The summed E-state index contributed by atoms with van der Waals surface area (Å²) in [5.41, 5.74) is 4.95. The van der Waals surface area contributed by atoms with Crippen molar-refractivity contribution in [2.45, 2.75) is 6.61 Å². The molecule has 1 amide bonds. The van der Waals surface area contributed by atoms with Crippen LogP contribution in [0.3, 0.4) is 0 Å². The molecule has 0 aliphatic heterocycles. The van der Waals surface area contributed by atoms with E-state index in [0.717, 1.165) is 21.0 Å². The summed E-state index contributed by atoms with van der Waals surface area (Å²) in [7, 11) is 0. The second-order valence-electron chi connectivity index (χ2n) is 6.45. The SMILES string of the molecule is O=C(N/N=C/c1ccc(OCc2ccc(Cl)cc2)c(Br)c1)c1cc2ccccc2o1. The van der Waals surface area contributed by atoms with Crippen LogP contribution in [0.25, 0.3) is 11.0 Å². The first-order valence-corrected chi connectivity index (χ1v) is 10.2. The average molecular weight is 484 g/mol. The van der Waals surface area contributed by atoms with E-state index in [1.807, 2.05) is 66.7 Å². The maximum atomic E-state index is 12.2. The molecule has 0 saturated heterocycles. The van der Waals surface area contributed by atoms with Gasteiger partial charge in [0.15, 0.2) is 5.76 Å². The molecule has 3 aromatic carbocycles. The molecule has 4 rings (SSSR count). The van der Waals surface area contributed by atoms with Gasteiger partial charge in [0.05, 0.1) is 10.7 Å². The number of amides is 1. The zero-order chi connectivity index (χ0) is 20.9. The number of hydrazone groups is 1. The molecule has 0 atom stereocenters. The molecule has 0 fully saturated rings. The van der Waals surface area contributed by atoms with E-state index in [4.69, 9.17) is 20.8 Å². The number of nitrogens with one attached hydrogen (secondary N) is 1. The van der Waals surface area contributed by atoms with Crippen molar-refractivity contribution in [3.05, 3.63) is 99.2 Å². The molecule has 0 spiro atoms. The summed E-state index contributed by atoms with van der Waals surface area (Å²) < 4.78 is 12.1. The van der Waals surface area contributed by atoms with Crippen molar-refractivity contribution in [3.63, 3.8) is 0 Å². The highest BCUT2D eigenvalue weighted by molar-refractivity contribution is 9.10. The first-order valence-electron chi connectivity index (χ1n) is 9.07. The number of carbonyl (C=O) groups excluding carboxylic acids is 1. The third kappa shape index (κ3) is 4.90. The van der Waals surface area contributed by atoms with Crippen LogP contribution in [0.5, 0.6) is 5.75 Å². The van der Waals surface area contributed by atoms with Gasteiger partial charge in [-0.2, -0.15) is 5.10 Å². The van der Waals surface area contributed by atoms with Gasteiger partial charge in [-0.15, -0.1) is 0 Å². The molecule has 0 bridgehead atoms. The summed E-state index contributed by atoms with van der Waals surface area (Å²) in [5, 5.41) is 5.56. The Kier molecular flexibility index (Phi) is 6.16. The Balaban J connectivity index is 1.36. The number of carbonyl (C=O) groups is 1. The van der Waals surface area contributed by atoms with E-state index in [0.29, 0.717) is 23.0 Å². The first-order chi connectivity index (χ1) is 14.6. The maximum Gasteiger partial charge on any atom is 0.307 e. The number of para-hydroxylation sites is 1. The molecular formula is C23H16BrClN2O3. The van der Waals surface area contributed by atoms with Crippen molar-refractivity contribution in [2.24, 2.45) is 5.10 Å². The van der Waals surface area contributed by atoms with Gasteiger partial charge in [-0.25, -0.2) is 5.43 Å². The Morgan fingerprint density at radius 2 is 1.90 bits per heavy atom. The van der Waals surface area contributed by atoms with Crippen LogP contribution in [0.1, 0.15) is 21.7 Å². The quantitative estimate of drug-likeness (QED) is 0.263. The smallest absolute Gasteiger partial charge is 0.307 e. The molecular weight excluding hydrogens is 468 g/mol. The molecule has 0 unspecified atom stereocenters. The lowest BCUT2D eigenvalue weighted by Crippen LogP contribution is -2.16. The Bertz CT molecular complexity index is 1190.